The first-order chi connectivity index (χ1) is 9.52. The number of halogens is 2. The molecular weight excluding hydrogens is 410 g/mol. The summed E-state index contributed by atoms with van der Waals surface area (Å²) >= 11 is 8.11. The normalized spacial score (nSPS) is 11.9. The van der Waals surface area contributed by atoms with Gasteiger partial charge in [-0.3, -0.25) is 0 Å². The predicted octanol–water partition coefficient (Wildman–Crippen LogP) is 4.52. The zero-order valence-corrected chi connectivity index (χ0v) is 14.4. The maximum Gasteiger partial charge on any atom is 0.331 e. The number of nitrogens with one attached hydrogen (secondary N) is 1. The predicted molar refractivity (Wildman–Crippen MR) is 86.7 cm³/mol. The Bertz CT molecular complexity index is 610. The van der Waals surface area contributed by atoms with Crippen molar-refractivity contribution in [3.8, 4) is 5.75 Å². The van der Waals surface area contributed by atoms with Crippen LogP contribution in [-0.2, 0) is 4.79 Å². The van der Waals surface area contributed by atoms with E-state index in [9.17, 15) is 9.90 Å². The maximum absolute atomic E-state index is 11.5. The number of thiophene rings is 1. The fourth-order valence-electron chi connectivity index (χ4n) is 1.68. The largest absolute Gasteiger partial charge is 0.495 e. The van der Waals surface area contributed by atoms with Crippen molar-refractivity contribution >= 4 is 54.9 Å². The van der Waals surface area contributed by atoms with Gasteiger partial charge in [-0.25, -0.2) is 4.79 Å². The number of rotatable bonds is 5. The monoisotopic (exact) mass is 419 g/mol. The van der Waals surface area contributed by atoms with E-state index in [1.54, 1.807) is 25.3 Å². The molecule has 0 fully saturated rings. The quantitative estimate of drug-likeness (QED) is 0.746. The number of carboxylic acids is 1. The van der Waals surface area contributed by atoms with Gasteiger partial charge in [0.25, 0.3) is 0 Å². The summed E-state index contributed by atoms with van der Waals surface area (Å²) in [7, 11) is 1.55. The number of hydrogen-bond acceptors (Lipinski definition) is 4. The zero-order valence-electron chi connectivity index (χ0n) is 10.4. The van der Waals surface area contributed by atoms with Gasteiger partial charge < -0.3 is 15.2 Å². The zero-order chi connectivity index (χ0) is 14.7. The molecule has 1 heterocycles. The van der Waals surface area contributed by atoms with Crippen LogP contribution in [0, 0.1) is 0 Å². The van der Waals surface area contributed by atoms with Crippen LogP contribution in [-0.4, -0.2) is 18.2 Å². The van der Waals surface area contributed by atoms with Gasteiger partial charge in [0.05, 0.1) is 16.6 Å². The van der Waals surface area contributed by atoms with E-state index in [4.69, 9.17) is 4.74 Å². The lowest BCUT2D eigenvalue weighted by molar-refractivity contribution is -0.138. The first-order valence-electron chi connectivity index (χ1n) is 5.60. The molecule has 2 rings (SSSR count). The average Bonchev–Trinajstić information content (AvgIpc) is 2.75. The summed E-state index contributed by atoms with van der Waals surface area (Å²) < 4.78 is 6.92. The summed E-state index contributed by atoms with van der Waals surface area (Å²) in [5.74, 6) is -0.342. The van der Waals surface area contributed by atoms with E-state index in [2.05, 4.69) is 37.2 Å². The molecule has 0 saturated heterocycles. The summed E-state index contributed by atoms with van der Waals surface area (Å²) in [6, 6.07) is 8.17. The molecule has 4 nitrogen and oxygen atoms in total. The van der Waals surface area contributed by atoms with E-state index in [-0.39, 0.29) is 0 Å². The Morgan fingerprint density at radius 3 is 2.65 bits per heavy atom. The smallest absolute Gasteiger partial charge is 0.331 e. The molecule has 1 aromatic heterocycles. The van der Waals surface area contributed by atoms with E-state index in [1.807, 2.05) is 12.1 Å². The molecule has 0 aliphatic carbocycles. The lowest BCUT2D eigenvalue weighted by Crippen LogP contribution is -2.19. The lowest BCUT2D eigenvalue weighted by Gasteiger charge is -2.16. The van der Waals surface area contributed by atoms with Crippen LogP contribution in [0.3, 0.4) is 0 Å². The Morgan fingerprint density at radius 1 is 1.40 bits per heavy atom. The van der Waals surface area contributed by atoms with Crippen LogP contribution < -0.4 is 10.1 Å². The van der Waals surface area contributed by atoms with Crippen LogP contribution in [0.4, 0.5) is 5.69 Å². The highest BCUT2D eigenvalue weighted by atomic mass is 79.9. The Labute approximate surface area is 137 Å². The first kappa shape index (κ1) is 15.3. The van der Waals surface area contributed by atoms with E-state index in [0.717, 1.165) is 8.26 Å². The van der Waals surface area contributed by atoms with Crippen molar-refractivity contribution in [3.05, 3.63) is 43.5 Å². The van der Waals surface area contributed by atoms with Crippen LogP contribution in [0.1, 0.15) is 10.9 Å². The maximum atomic E-state index is 11.5. The number of aliphatic carboxylic acids is 1. The number of carbonyl (C=O) groups is 1. The molecule has 0 amide bonds. The van der Waals surface area contributed by atoms with Gasteiger partial charge in [0.15, 0.2) is 6.04 Å². The van der Waals surface area contributed by atoms with Gasteiger partial charge in [-0.1, -0.05) is 12.1 Å². The highest BCUT2D eigenvalue weighted by Crippen LogP contribution is 2.37. The van der Waals surface area contributed by atoms with Crippen molar-refractivity contribution in [2.75, 3.05) is 12.4 Å². The Balaban J connectivity index is 2.33. The number of anilines is 1. The SMILES string of the molecule is COc1ccccc1NC(C(=O)O)c1cc(Br)c(Br)s1. The molecule has 1 unspecified atom stereocenters. The molecular formula is C13H11Br2NO3S. The summed E-state index contributed by atoms with van der Waals surface area (Å²) in [6.07, 6.45) is 0. The van der Waals surface area contributed by atoms with E-state index >= 15 is 0 Å². The number of para-hydroxylation sites is 2. The van der Waals surface area contributed by atoms with Crippen molar-refractivity contribution in [3.63, 3.8) is 0 Å². The molecule has 0 bridgehead atoms. The summed E-state index contributed by atoms with van der Waals surface area (Å²) in [5.41, 5.74) is 0.642. The minimum Gasteiger partial charge on any atom is -0.495 e. The molecule has 0 saturated carbocycles. The number of hydrogen-bond donors (Lipinski definition) is 2. The van der Waals surface area contributed by atoms with Crippen molar-refractivity contribution < 1.29 is 14.6 Å². The molecule has 20 heavy (non-hydrogen) atoms. The van der Waals surface area contributed by atoms with Gasteiger partial charge >= 0.3 is 5.97 Å². The highest BCUT2D eigenvalue weighted by molar-refractivity contribution is 9.13. The van der Waals surface area contributed by atoms with Crippen LogP contribution >= 0.6 is 43.2 Å². The van der Waals surface area contributed by atoms with E-state index < -0.39 is 12.0 Å². The molecule has 0 radical (unpaired) electrons. The second-order valence-electron chi connectivity index (χ2n) is 3.89. The second-order valence-corrected chi connectivity index (χ2v) is 7.14. The van der Waals surface area contributed by atoms with Gasteiger partial charge in [-0.05, 0) is 50.1 Å². The van der Waals surface area contributed by atoms with Crippen LogP contribution in [0.15, 0.2) is 38.6 Å². The van der Waals surface area contributed by atoms with Gasteiger partial charge in [-0.15, -0.1) is 11.3 Å². The lowest BCUT2D eigenvalue weighted by atomic mass is 10.2. The molecule has 1 aromatic carbocycles. The van der Waals surface area contributed by atoms with Crippen LogP contribution in [0.5, 0.6) is 5.75 Å². The molecule has 0 spiro atoms. The molecule has 0 aliphatic heterocycles. The molecule has 1 atom stereocenters. The number of carboxylic acid groups (broad SMARTS) is 1. The Morgan fingerprint density at radius 2 is 2.10 bits per heavy atom. The van der Waals surface area contributed by atoms with Crippen molar-refractivity contribution in [2.45, 2.75) is 6.04 Å². The minimum absolute atomic E-state index is 0.605. The topological polar surface area (TPSA) is 58.6 Å². The van der Waals surface area contributed by atoms with Gasteiger partial charge in [0.1, 0.15) is 5.75 Å². The molecule has 106 valence electrons. The highest BCUT2D eigenvalue weighted by Gasteiger charge is 2.23. The minimum atomic E-state index is -0.947. The van der Waals surface area contributed by atoms with E-state index in [0.29, 0.717) is 16.3 Å². The fourth-order valence-corrected chi connectivity index (χ4v) is 3.81. The van der Waals surface area contributed by atoms with Gasteiger partial charge in [0, 0.05) is 9.35 Å². The van der Waals surface area contributed by atoms with Crippen molar-refractivity contribution in [1.82, 2.24) is 0 Å². The fraction of sp³-hybridized carbons (Fsp3) is 0.154. The third-order valence-corrected chi connectivity index (χ3v) is 5.92. The number of methoxy groups -OCH3 is 1. The third-order valence-electron chi connectivity index (χ3n) is 2.60. The van der Waals surface area contributed by atoms with Gasteiger partial charge in [-0.2, -0.15) is 0 Å². The van der Waals surface area contributed by atoms with Crippen LogP contribution in [0.25, 0.3) is 0 Å². The average molecular weight is 421 g/mol. The summed E-state index contributed by atoms with van der Waals surface area (Å²) in [5, 5.41) is 12.4. The standard InChI is InChI=1S/C13H11Br2NO3S/c1-19-9-5-3-2-4-8(9)16-11(13(17)18)10-6-7(14)12(15)20-10/h2-6,11,16H,1H3,(H,17,18). The number of ether oxygens (including phenoxy) is 1. The molecule has 2 N–H and O–H groups in total. The Kier molecular flexibility index (Phi) is 5.06. The Hall–Kier alpha value is -1.05. The first-order valence-corrected chi connectivity index (χ1v) is 8.00. The third kappa shape index (κ3) is 3.34. The molecule has 2 aromatic rings. The second kappa shape index (κ2) is 6.60. The van der Waals surface area contributed by atoms with Crippen molar-refractivity contribution in [2.24, 2.45) is 0 Å². The summed E-state index contributed by atoms with van der Waals surface area (Å²) in [4.78, 5) is 12.2. The number of benzene rings is 1. The summed E-state index contributed by atoms with van der Waals surface area (Å²) in [6.45, 7) is 0. The van der Waals surface area contributed by atoms with Crippen molar-refractivity contribution in [1.29, 1.82) is 0 Å². The van der Waals surface area contributed by atoms with E-state index in [1.165, 1.54) is 11.3 Å². The van der Waals surface area contributed by atoms with Crippen LogP contribution in [0.2, 0.25) is 0 Å². The molecule has 0 aliphatic rings. The molecule has 7 heteroatoms. The van der Waals surface area contributed by atoms with Gasteiger partial charge in [0.2, 0.25) is 0 Å².